The third-order valence-corrected chi connectivity index (χ3v) is 7.68. The van der Waals surface area contributed by atoms with E-state index >= 15 is 0 Å². The number of Topliss-reactive ketones (excluding diaryl/α,β-unsaturated/α-hetero) is 1. The Morgan fingerprint density at radius 1 is 0.867 bits per heavy atom. The van der Waals surface area contributed by atoms with Crippen molar-refractivity contribution in [2.75, 3.05) is 13.1 Å². The van der Waals surface area contributed by atoms with Crippen molar-refractivity contribution in [1.29, 1.82) is 0 Å². The standard InChI is InChI=1S/C16H24BrN.C10H9BrO/c1-3-10-18(11-4-2)14-8-9-15-13(12-14)6-5-7-16(15)17;11-10-3-1-2-7-6-8(12)4-5-9(7)10/h5-7,14H,3-4,8-12H2,1-2H3;1-3H,4-6H2. The first-order valence-electron chi connectivity index (χ1n) is 11.3. The van der Waals surface area contributed by atoms with Gasteiger partial charge in [0.25, 0.3) is 0 Å². The number of nitrogens with zero attached hydrogens (tertiary/aromatic N) is 1. The quantitative estimate of drug-likeness (QED) is 0.414. The first kappa shape index (κ1) is 23.7. The molecule has 4 rings (SSSR count). The summed E-state index contributed by atoms with van der Waals surface area (Å²) in [6.07, 6.45) is 8.53. The summed E-state index contributed by atoms with van der Waals surface area (Å²) in [4.78, 5) is 13.8. The van der Waals surface area contributed by atoms with Crippen LogP contribution in [0.15, 0.2) is 45.3 Å². The van der Waals surface area contributed by atoms with Crippen LogP contribution in [0.4, 0.5) is 0 Å². The second-order valence-electron chi connectivity index (χ2n) is 8.40. The van der Waals surface area contributed by atoms with Crippen molar-refractivity contribution in [1.82, 2.24) is 4.90 Å². The summed E-state index contributed by atoms with van der Waals surface area (Å²) < 4.78 is 2.45. The maximum Gasteiger partial charge on any atom is 0.137 e. The van der Waals surface area contributed by atoms with Gasteiger partial charge in [-0.25, -0.2) is 0 Å². The Hall–Kier alpha value is -0.970. The lowest BCUT2D eigenvalue weighted by atomic mass is 9.87. The molecule has 30 heavy (non-hydrogen) atoms. The second kappa shape index (κ2) is 11.6. The highest BCUT2D eigenvalue weighted by molar-refractivity contribution is 9.10. The van der Waals surface area contributed by atoms with Gasteiger partial charge in [-0.2, -0.15) is 0 Å². The van der Waals surface area contributed by atoms with Crippen molar-refractivity contribution in [3.8, 4) is 0 Å². The zero-order chi connectivity index (χ0) is 21.5. The lowest BCUT2D eigenvalue weighted by Crippen LogP contribution is -2.40. The van der Waals surface area contributed by atoms with Gasteiger partial charge in [0, 0.05) is 27.8 Å². The van der Waals surface area contributed by atoms with Crippen LogP contribution in [0.2, 0.25) is 0 Å². The molecule has 0 aromatic heterocycles. The summed E-state index contributed by atoms with van der Waals surface area (Å²) in [5.74, 6) is 0.362. The van der Waals surface area contributed by atoms with E-state index in [1.807, 2.05) is 18.2 Å². The van der Waals surface area contributed by atoms with E-state index in [1.54, 1.807) is 11.1 Å². The number of benzene rings is 2. The summed E-state index contributed by atoms with van der Waals surface area (Å²) >= 11 is 7.18. The maximum absolute atomic E-state index is 11.1. The van der Waals surface area contributed by atoms with Gasteiger partial charge in [0.15, 0.2) is 0 Å². The van der Waals surface area contributed by atoms with Crippen LogP contribution < -0.4 is 0 Å². The molecule has 2 nitrogen and oxygen atoms in total. The molecule has 0 saturated heterocycles. The van der Waals surface area contributed by atoms with Crippen LogP contribution in [0.5, 0.6) is 0 Å². The molecule has 0 N–H and O–H groups in total. The van der Waals surface area contributed by atoms with E-state index in [0.29, 0.717) is 18.6 Å². The number of carbonyl (C=O) groups is 1. The molecule has 2 aromatic rings. The molecule has 0 amide bonds. The van der Waals surface area contributed by atoms with Crippen molar-refractivity contribution >= 4 is 37.6 Å². The van der Waals surface area contributed by atoms with Gasteiger partial charge in [-0.1, -0.05) is 70.0 Å². The van der Waals surface area contributed by atoms with Crippen molar-refractivity contribution in [2.24, 2.45) is 0 Å². The van der Waals surface area contributed by atoms with Gasteiger partial charge >= 0.3 is 0 Å². The highest BCUT2D eigenvalue weighted by atomic mass is 79.9. The molecule has 0 radical (unpaired) electrons. The SMILES string of the molecule is CCCN(CCC)C1CCc2c(Br)cccc2C1.O=C1CCc2c(Br)cccc2C1. The molecule has 4 heteroatoms. The minimum atomic E-state index is 0.362. The van der Waals surface area contributed by atoms with Crippen LogP contribution in [0.25, 0.3) is 0 Å². The molecule has 2 aliphatic carbocycles. The molecular weight excluding hydrogens is 502 g/mol. The Labute approximate surface area is 198 Å². The highest BCUT2D eigenvalue weighted by Crippen LogP contribution is 2.30. The van der Waals surface area contributed by atoms with E-state index in [1.165, 1.54) is 60.8 Å². The average Bonchev–Trinajstić information content (AvgIpc) is 2.74. The molecule has 0 bridgehead atoms. The van der Waals surface area contributed by atoms with Crippen molar-refractivity contribution in [3.63, 3.8) is 0 Å². The molecule has 0 saturated carbocycles. The van der Waals surface area contributed by atoms with E-state index in [-0.39, 0.29) is 0 Å². The summed E-state index contributed by atoms with van der Waals surface area (Å²) in [7, 11) is 0. The minimum Gasteiger partial charge on any atom is -0.300 e. The molecule has 0 aliphatic heterocycles. The fourth-order valence-electron chi connectivity index (χ4n) is 4.72. The van der Waals surface area contributed by atoms with Gasteiger partial charge < -0.3 is 4.90 Å². The highest BCUT2D eigenvalue weighted by Gasteiger charge is 2.24. The Morgan fingerprint density at radius 2 is 1.47 bits per heavy atom. The van der Waals surface area contributed by atoms with E-state index < -0.39 is 0 Å². The van der Waals surface area contributed by atoms with Gasteiger partial charge in [-0.05, 0) is 86.0 Å². The summed E-state index contributed by atoms with van der Waals surface area (Å²) in [5.41, 5.74) is 5.61. The lowest BCUT2D eigenvalue weighted by Gasteiger charge is -2.35. The fraction of sp³-hybridized carbons (Fsp3) is 0.500. The van der Waals surface area contributed by atoms with E-state index in [4.69, 9.17) is 0 Å². The predicted octanol–water partition coefficient (Wildman–Crippen LogP) is 6.94. The van der Waals surface area contributed by atoms with Crippen LogP contribution in [-0.2, 0) is 30.5 Å². The van der Waals surface area contributed by atoms with Crippen LogP contribution in [0.3, 0.4) is 0 Å². The average molecular weight is 535 g/mol. The van der Waals surface area contributed by atoms with Crippen molar-refractivity contribution in [3.05, 3.63) is 67.6 Å². The molecule has 0 spiro atoms. The normalized spacial score (nSPS) is 17.8. The number of hydrogen-bond donors (Lipinski definition) is 0. The van der Waals surface area contributed by atoms with Gasteiger partial charge in [0.05, 0.1) is 0 Å². The number of ketones is 1. The zero-order valence-electron chi connectivity index (χ0n) is 18.2. The molecule has 2 aliphatic rings. The first-order chi connectivity index (χ1) is 14.5. The molecule has 162 valence electrons. The van der Waals surface area contributed by atoms with Gasteiger partial charge in [0.2, 0.25) is 0 Å². The van der Waals surface area contributed by atoms with Gasteiger partial charge in [-0.3, -0.25) is 4.79 Å². The van der Waals surface area contributed by atoms with Crippen LogP contribution in [0, 0.1) is 0 Å². The monoisotopic (exact) mass is 533 g/mol. The van der Waals surface area contributed by atoms with Crippen molar-refractivity contribution in [2.45, 2.75) is 71.3 Å². The Kier molecular flexibility index (Phi) is 9.15. The molecular formula is C26H33Br2NO. The Bertz CT molecular complexity index is 858. The largest absolute Gasteiger partial charge is 0.300 e. The molecule has 0 fully saturated rings. The minimum absolute atomic E-state index is 0.362. The summed E-state index contributed by atoms with van der Waals surface area (Å²) in [6, 6.07) is 13.5. The Balaban J connectivity index is 0.000000184. The van der Waals surface area contributed by atoms with E-state index in [0.717, 1.165) is 16.9 Å². The maximum atomic E-state index is 11.1. The summed E-state index contributed by atoms with van der Waals surface area (Å²) in [6.45, 7) is 7.08. The van der Waals surface area contributed by atoms with Crippen molar-refractivity contribution < 1.29 is 4.79 Å². The zero-order valence-corrected chi connectivity index (χ0v) is 21.4. The molecule has 0 heterocycles. The second-order valence-corrected chi connectivity index (χ2v) is 10.1. The topological polar surface area (TPSA) is 20.3 Å². The fourth-order valence-corrected chi connectivity index (χ4v) is 5.93. The summed E-state index contributed by atoms with van der Waals surface area (Å²) in [5, 5.41) is 0. The third kappa shape index (κ3) is 6.05. The van der Waals surface area contributed by atoms with E-state index in [9.17, 15) is 4.79 Å². The molecule has 2 aromatic carbocycles. The number of hydrogen-bond acceptors (Lipinski definition) is 2. The molecule has 1 unspecified atom stereocenters. The number of fused-ring (bicyclic) bond motifs is 2. The van der Waals surface area contributed by atoms with Gasteiger partial charge in [0.1, 0.15) is 5.78 Å². The number of rotatable bonds is 5. The smallest absolute Gasteiger partial charge is 0.137 e. The predicted molar refractivity (Wildman–Crippen MR) is 133 cm³/mol. The van der Waals surface area contributed by atoms with Crippen LogP contribution >= 0.6 is 31.9 Å². The van der Waals surface area contributed by atoms with Crippen LogP contribution in [0.1, 0.15) is 61.8 Å². The van der Waals surface area contributed by atoms with Gasteiger partial charge in [-0.15, -0.1) is 0 Å². The van der Waals surface area contributed by atoms with E-state index in [2.05, 4.69) is 68.8 Å². The lowest BCUT2D eigenvalue weighted by molar-refractivity contribution is -0.118. The first-order valence-corrected chi connectivity index (χ1v) is 12.9. The number of halogens is 2. The third-order valence-electron chi connectivity index (χ3n) is 6.19. The van der Waals surface area contributed by atoms with Crippen LogP contribution in [-0.4, -0.2) is 29.8 Å². The Morgan fingerprint density at radius 3 is 2.10 bits per heavy atom. The number of carbonyl (C=O) groups excluding carboxylic acids is 1. The molecule has 1 atom stereocenters.